The number of hydrogen-bond donors (Lipinski definition) is 1. The van der Waals surface area contributed by atoms with E-state index in [1.807, 2.05) is 18.3 Å². The Morgan fingerprint density at radius 1 is 1.00 bits per heavy atom. The largest absolute Gasteiger partial charge is 0.345 e. The molecular weight excluding hydrogens is 244 g/mol. The van der Waals surface area contributed by atoms with Crippen LogP contribution in [-0.2, 0) is 0 Å². The van der Waals surface area contributed by atoms with Crippen LogP contribution in [0.25, 0.3) is 23.3 Å². The van der Waals surface area contributed by atoms with Gasteiger partial charge in [-0.25, -0.2) is 4.98 Å². The van der Waals surface area contributed by atoms with Crippen LogP contribution in [0.2, 0.25) is 0 Å². The van der Waals surface area contributed by atoms with Crippen LogP contribution in [0.15, 0.2) is 60.9 Å². The van der Waals surface area contributed by atoms with Crippen LogP contribution in [0, 0.1) is 6.92 Å². The fourth-order valence-corrected chi connectivity index (χ4v) is 2.22. The summed E-state index contributed by atoms with van der Waals surface area (Å²) in [5, 5.41) is 0. The number of nitrogens with one attached hydrogen (secondary N) is 1. The Morgan fingerprint density at radius 2 is 1.85 bits per heavy atom. The Morgan fingerprint density at radius 3 is 2.60 bits per heavy atom. The van der Waals surface area contributed by atoms with E-state index in [2.05, 4.69) is 65.4 Å². The topological polar surface area (TPSA) is 28.7 Å². The molecule has 0 saturated heterocycles. The van der Waals surface area contributed by atoms with Gasteiger partial charge in [0.15, 0.2) is 0 Å². The molecule has 3 aromatic rings. The molecule has 2 heteroatoms. The quantitative estimate of drug-likeness (QED) is 0.735. The highest BCUT2D eigenvalue weighted by molar-refractivity contribution is 5.74. The van der Waals surface area contributed by atoms with Crippen LogP contribution >= 0.6 is 0 Å². The predicted octanol–water partition coefficient (Wildman–Crippen LogP) is 4.56. The molecule has 98 valence electrons. The maximum absolute atomic E-state index is 4.19. The SMILES string of the molecule is Cc1ccc(/C=C/c2ncc[nH]2)cc1-c1ccccc1. The van der Waals surface area contributed by atoms with E-state index in [1.165, 1.54) is 22.3 Å². The summed E-state index contributed by atoms with van der Waals surface area (Å²) in [6.07, 6.45) is 7.64. The van der Waals surface area contributed by atoms with E-state index in [0.717, 1.165) is 5.82 Å². The predicted molar refractivity (Wildman–Crippen MR) is 84.1 cm³/mol. The van der Waals surface area contributed by atoms with Crippen LogP contribution in [0.5, 0.6) is 0 Å². The molecular formula is C18H16N2. The van der Waals surface area contributed by atoms with E-state index in [0.29, 0.717) is 0 Å². The van der Waals surface area contributed by atoms with Crippen LogP contribution in [-0.4, -0.2) is 9.97 Å². The maximum Gasteiger partial charge on any atom is 0.129 e. The second kappa shape index (κ2) is 5.57. The van der Waals surface area contributed by atoms with Crippen molar-refractivity contribution >= 4 is 12.2 Å². The van der Waals surface area contributed by atoms with Crippen molar-refractivity contribution in [3.63, 3.8) is 0 Å². The first kappa shape index (κ1) is 12.4. The molecule has 1 N–H and O–H groups in total. The lowest BCUT2D eigenvalue weighted by molar-refractivity contribution is 1.27. The van der Waals surface area contributed by atoms with Crippen LogP contribution in [0.1, 0.15) is 17.0 Å². The van der Waals surface area contributed by atoms with Gasteiger partial charge in [-0.15, -0.1) is 0 Å². The minimum absolute atomic E-state index is 0.867. The highest BCUT2D eigenvalue weighted by Gasteiger charge is 2.01. The first-order valence-electron chi connectivity index (χ1n) is 6.66. The smallest absolute Gasteiger partial charge is 0.129 e. The molecule has 0 radical (unpaired) electrons. The zero-order valence-corrected chi connectivity index (χ0v) is 11.4. The minimum Gasteiger partial charge on any atom is -0.345 e. The number of hydrogen-bond acceptors (Lipinski definition) is 1. The molecule has 20 heavy (non-hydrogen) atoms. The van der Waals surface area contributed by atoms with Gasteiger partial charge in [0.25, 0.3) is 0 Å². The molecule has 2 nitrogen and oxygen atoms in total. The second-order valence-electron chi connectivity index (χ2n) is 4.75. The summed E-state index contributed by atoms with van der Waals surface area (Å²) >= 11 is 0. The standard InChI is InChI=1S/C18H16N2/c1-14-7-8-15(9-10-18-19-11-12-20-18)13-17(14)16-5-3-2-4-6-16/h2-13H,1H3,(H,19,20)/b10-9+. The third-order valence-corrected chi connectivity index (χ3v) is 3.30. The number of rotatable bonds is 3. The number of H-pyrrole nitrogens is 1. The van der Waals surface area contributed by atoms with Gasteiger partial charge in [-0.05, 0) is 41.3 Å². The average molecular weight is 260 g/mol. The normalized spacial score (nSPS) is 11.1. The highest BCUT2D eigenvalue weighted by Crippen LogP contribution is 2.25. The van der Waals surface area contributed by atoms with E-state index in [4.69, 9.17) is 0 Å². The van der Waals surface area contributed by atoms with E-state index in [-0.39, 0.29) is 0 Å². The molecule has 1 heterocycles. The Hall–Kier alpha value is -2.61. The van der Waals surface area contributed by atoms with Crippen molar-refractivity contribution < 1.29 is 0 Å². The summed E-state index contributed by atoms with van der Waals surface area (Å²) < 4.78 is 0. The van der Waals surface area contributed by atoms with Crippen molar-refractivity contribution in [1.82, 2.24) is 9.97 Å². The summed E-state index contributed by atoms with van der Waals surface area (Å²) in [4.78, 5) is 7.25. The van der Waals surface area contributed by atoms with Gasteiger partial charge in [-0.2, -0.15) is 0 Å². The van der Waals surface area contributed by atoms with E-state index < -0.39 is 0 Å². The molecule has 0 spiro atoms. The number of benzene rings is 2. The summed E-state index contributed by atoms with van der Waals surface area (Å²) in [7, 11) is 0. The molecule has 0 aliphatic heterocycles. The van der Waals surface area contributed by atoms with Crippen molar-refractivity contribution in [3.05, 3.63) is 77.9 Å². The van der Waals surface area contributed by atoms with Crippen LogP contribution in [0.3, 0.4) is 0 Å². The number of aromatic amines is 1. The molecule has 3 rings (SSSR count). The van der Waals surface area contributed by atoms with Crippen molar-refractivity contribution in [2.45, 2.75) is 6.92 Å². The van der Waals surface area contributed by atoms with Gasteiger partial charge in [-0.1, -0.05) is 48.5 Å². The fraction of sp³-hybridized carbons (Fsp3) is 0.0556. The first-order chi connectivity index (χ1) is 9.83. The highest BCUT2D eigenvalue weighted by atomic mass is 14.9. The lowest BCUT2D eigenvalue weighted by Crippen LogP contribution is -1.84. The molecule has 1 aromatic heterocycles. The van der Waals surface area contributed by atoms with Gasteiger partial charge in [0.05, 0.1) is 0 Å². The Kier molecular flexibility index (Phi) is 3.46. The summed E-state index contributed by atoms with van der Waals surface area (Å²) in [6, 6.07) is 17.0. The van der Waals surface area contributed by atoms with E-state index >= 15 is 0 Å². The molecule has 0 unspecified atom stereocenters. The molecule has 0 atom stereocenters. The summed E-state index contributed by atoms with van der Waals surface area (Å²) in [5.74, 6) is 0.867. The molecule has 0 amide bonds. The maximum atomic E-state index is 4.19. The Bertz CT molecular complexity index is 710. The molecule has 2 aromatic carbocycles. The van der Waals surface area contributed by atoms with E-state index in [1.54, 1.807) is 6.20 Å². The van der Waals surface area contributed by atoms with Gasteiger partial charge in [-0.3, -0.25) is 0 Å². The monoisotopic (exact) mass is 260 g/mol. The zero-order chi connectivity index (χ0) is 13.8. The van der Waals surface area contributed by atoms with Gasteiger partial charge in [0, 0.05) is 12.4 Å². The van der Waals surface area contributed by atoms with Crippen molar-refractivity contribution in [2.75, 3.05) is 0 Å². The summed E-state index contributed by atoms with van der Waals surface area (Å²) in [6.45, 7) is 2.14. The van der Waals surface area contributed by atoms with Crippen LogP contribution < -0.4 is 0 Å². The molecule has 0 aliphatic carbocycles. The lowest BCUT2D eigenvalue weighted by Gasteiger charge is -2.07. The van der Waals surface area contributed by atoms with Crippen molar-refractivity contribution in [1.29, 1.82) is 0 Å². The zero-order valence-electron chi connectivity index (χ0n) is 11.4. The first-order valence-corrected chi connectivity index (χ1v) is 6.66. The number of imidazole rings is 1. The molecule has 0 aliphatic rings. The van der Waals surface area contributed by atoms with Crippen molar-refractivity contribution in [3.8, 4) is 11.1 Å². The Labute approximate surface area is 118 Å². The minimum atomic E-state index is 0.867. The summed E-state index contributed by atoms with van der Waals surface area (Å²) in [5.41, 5.74) is 4.97. The number of nitrogens with zero attached hydrogens (tertiary/aromatic N) is 1. The second-order valence-corrected chi connectivity index (χ2v) is 4.75. The van der Waals surface area contributed by atoms with Crippen LogP contribution in [0.4, 0.5) is 0 Å². The van der Waals surface area contributed by atoms with Crippen molar-refractivity contribution in [2.24, 2.45) is 0 Å². The van der Waals surface area contributed by atoms with Gasteiger partial charge in [0.1, 0.15) is 5.82 Å². The van der Waals surface area contributed by atoms with Gasteiger partial charge >= 0.3 is 0 Å². The van der Waals surface area contributed by atoms with Gasteiger partial charge < -0.3 is 4.98 Å². The third-order valence-electron chi connectivity index (χ3n) is 3.30. The third kappa shape index (κ3) is 2.69. The lowest BCUT2D eigenvalue weighted by atomic mass is 9.98. The number of aromatic nitrogens is 2. The molecule has 0 bridgehead atoms. The molecule has 0 saturated carbocycles. The number of aryl methyl sites for hydroxylation is 1. The Balaban J connectivity index is 1.95. The fourth-order valence-electron chi connectivity index (χ4n) is 2.22. The molecule has 0 fully saturated rings. The average Bonchev–Trinajstić information content (AvgIpc) is 3.01. The van der Waals surface area contributed by atoms with Gasteiger partial charge in [0.2, 0.25) is 0 Å². The van der Waals surface area contributed by atoms with E-state index in [9.17, 15) is 0 Å².